The fourth-order valence-corrected chi connectivity index (χ4v) is 1.56. The van der Waals surface area contributed by atoms with E-state index in [1.54, 1.807) is 0 Å². The van der Waals surface area contributed by atoms with E-state index in [9.17, 15) is 0 Å². The van der Waals surface area contributed by atoms with Gasteiger partial charge in [0.15, 0.2) is 0 Å². The molecule has 0 bridgehead atoms. The van der Waals surface area contributed by atoms with Crippen LogP contribution in [0.15, 0.2) is 0 Å². The third-order valence-corrected chi connectivity index (χ3v) is 2.52. The lowest BCUT2D eigenvalue weighted by atomic mass is 9.83. The summed E-state index contributed by atoms with van der Waals surface area (Å²) in [6, 6.07) is 0. The van der Waals surface area contributed by atoms with Gasteiger partial charge in [0.2, 0.25) is 0 Å². The van der Waals surface area contributed by atoms with Crippen molar-refractivity contribution in [2.75, 3.05) is 6.61 Å². The molecule has 2 atom stereocenters. The van der Waals surface area contributed by atoms with Crippen molar-refractivity contribution in [3.63, 3.8) is 0 Å². The highest BCUT2D eigenvalue weighted by molar-refractivity contribution is 4.79. The number of hydrogen-bond acceptors (Lipinski definition) is 1. The van der Waals surface area contributed by atoms with Gasteiger partial charge in [-0.05, 0) is 32.1 Å². The minimum absolute atomic E-state index is 0.131. The van der Waals surface area contributed by atoms with Crippen molar-refractivity contribution in [3.8, 4) is 0 Å². The van der Waals surface area contributed by atoms with Crippen LogP contribution in [0.2, 0.25) is 0 Å². The van der Waals surface area contributed by atoms with E-state index in [-0.39, 0.29) is 5.60 Å². The van der Waals surface area contributed by atoms with Crippen LogP contribution in [0.5, 0.6) is 0 Å². The van der Waals surface area contributed by atoms with E-state index in [1.165, 1.54) is 6.42 Å². The van der Waals surface area contributed by atoms with E-state index in [1.807, 2.05) is 0 Å². The van der Waals surface area contributed by atoms with Crippen LogP contribution in [-0.2, 0) is 4.74 Å². The third-order valence-electron chi connectivity index (χ3n) is 2.52. The predicted octanol–water partition coefficient (Wildman–Crippen LogP) is 2.46. The quantitative estimate of drug-likeness (QED) is 0.505. The first kappa shape index (κ1) is 8.06. The first-order chi connectivity index (χ1) is 4.51. The number of ether oxygens (including phenoxy) is 1. The van der Waals surface area contributed by atoms with Gasteiger partial charge < -0.3 is 4.74 Å². The second kappa shape index (κ2) is 2.54. The summed E-state index contributed by atoms with van der Waals surface area (Å²) in [5, 5.41) is 0. The highest BCUT2D eigenvalue weighted by Gasteiger charge is 2.30. The Morgan fingerprint density at radius 1 is 1.20 bits per heavy atom. The first-order valence-corrected chi connectivity index (χ1v) is 4.15. The van der Waals surface area contributed by atoms with Crippen molar-refractivity contribution >= 4 is 0 Å². The summed E-state index contributed by atoms with van der Waals surface area (Å²) in [4.78, 5) is 0. The molecule has 0 saturated carbocycles. The molecule has 0 aromatic rings. The van der Waals surface area contributed by atoms with Crippen LogP contribution in [0.1, 0.15) is 34.1 Å². The third kappa shape index (κ3) is 1.72. The molecule has 1 heteroatoms. The Balaban J connectivity index is 2.49. The molecule has 0 aromatic carbocycles. The lowest BCUT2D eigenvalue weighted by Crippen LogP contribution is -2.37. The van der Waals surface area contributed by atoms with Crippen LogP contribution in [0.3, 0.4) is 0 Å². The maximum absolute atomic E-state index is 5.65. The van der Waals surface area contributed by atoms with Crippen molar-refractivity contribution in [3.05, 3.63) is 0 Å². The van der Waals surface area contributed by atoms with E-state index < -0.39 is 0 Å². The molecule has 0 aliphatic carbocycles. The van der Waals surface area contributed by atoms with Gasteiger partial charge in [-0.2, -0.15) is 0 Å². The van der Waals surface area contributed by atoms with Crippen molar-refractivity contribution in [1.29, 1.82) is 0 Å². The maximum Gasteiger partial charge on any atom is 0.0629 e. The van der Waals surface area contributed by atoms with E-state index in [2.05, 4.69) is 27.7 Å². The lowest BCUT2D eigenvalue weighted by Gasteiger charge is -2.37. The topological polar surface area (TPSA) is 9.23 Å². The van der Waals surface area contributed by atoms with Gasteiger partial charge in [0.1, 0.15) is 0 Å². The summed E-state index contributed by atoms with van der Waals surface area (Å²) in [6.07, 6.45) is 1.20. The molecule has 0 unspecified atom stereocenters. The van der Waals surface area contributed by atoms with Gasteiger partial charge in [-0.1, -0.05) is 13.8 Å². The molecule has 1 saturated heterocycles. The second-order valence-electron chi connectivity index (χ2n) is 4.23. The summed E-state index contributed by atoms with van der Waals surface area (Å²) in [7, 11) is 0. The monoisotopic (exact) mass is 142 g/mol. The van der Waals surface area contributed by atoms with E-state index in [0.717, 1.165) is 18.4 Å². The van der Waals surface area contributed by atoms with Crippen molar-refractivity contribution < 1.29 is 4.74 Å². The molecule has 1 nitrogen and oxygen atoms in total. The minimum atomic E-state index is 0.131. The van der Waals surface area contributed by atoms with Gasteiger partial charge in [0.05, 0.1) is 12.2 Å². The molecule has 0 N–H and O–H groups in total. The Morgan fingerprint density at radius 3 is 2.20 bits per heavy atom. The summed E-state index contributed by atoms with van der Waals surface area (Å²) >= 11 is 0. The highest BCUT2D eigenvalue weighted by Crippen LogP contribution is 2.31. The van der Waals surface area contributed by atoms with Crippen LogP contribution in [0.25, 0.3) is 0 Å². The van der Waals surface area contributed by atoms with Crippen LogP contribution in [0.4, 0.5) is 0 Å². The molecule has 1 fully saturated rings. The van der Waals surface area contributed by atoms with Crippen molar-refractivity contribution in [2.45, 2.75) is 39.7 Å². The summed E-state index contributed by atoms with van der Waals surface area (Å²) < 4.78 is 5.65. The Bertz CT molecular complexity index is 118. The molecule has 0 amide bonds. The fraction of sp³-hybridized carbons (Fsp3) is 1.00. The van der Waals surface area contributed by atoms with Crippen molar-refractivity contribution in [2.24, 2.45) is 11.8 Å². The smallest absolute Gasteiger partial charge is 0.0629 e. The molecule has 0 spiro atoms. The number of rotatable bonds is 0. The Hall–Kier alpha value is -0.0400. The Kier molecular flexibility index (Phi) is 2.04. The number of hydrogen-bond donors (Lipinski definition) is 0. The minimum Gasteiger partial charge on any atom is -0.375 e. The van der Waals surface area contributed by atoms with Crippen molar-refractivity contribution in [1.82, 2.24) is 0 Å². The van der Waals surface area contributed by atoms with Gasteiger partial charge in [-0.25, -0.2) is 0 Å². The second-order valence-corrected chi connectivity index (χ2v) is 4.23. The van der Waals surface area contributed by atoms with Gasteiger partial charge in [-0.3, -0.25) is 0 Å². The fourth-order valence-electron chi connectivity index (χ4n) is 1.56. The molecule has 0 aromatic heterocycles. The molecule has 1 aliphatic heterocycles. The molecule has 1 heterocycles. The zero-order valence-electron chi connectivity index (χ0n) is 7.48. The molecule has 60 valence electrons. The largest absolute Gasteiger partial charge is 0.375 e. The molecule has 1 aliphatic rings. The van der Waals surface area contributed by atoms with Crippen LogP contribution in [0, 0.1) is 11.8 Å². The average molecular weight is 142 g/mol. The first-order valence-electron chi connectivity index (χ1n) is 4.15. The SMILES string of the molecule is C[C@H]1COC(C)(C)C[C@@H]1C. The molecule has 0 radical (unpaired) electrons. The molecule has 1 rings (SSSR count). The van der Waals surface area contributed by atoms with Gasteiger partial charge in [0.25, 0.3) is 0 Å². The average Bonchev–Trinajstić information content (AvgIpc) is 1.79. The Morgan fingerprint density at radius 2 is 1.80 bits per heavy atom. The van der Waals surface area contributed by atoms with E-state index in [4.69, 9.17) is 4.74 Å². The molecular weight excluding hydrogens is 124 g/mol. The zero-order chi connectivity index (χ0) is 7.78. The van der Waals surface area contributed by atoms with Gasteiger partial charge in [-0.15, -0.1) is 0 Å². The van der Waals surface area contributed by atoms with Gasteiger partial charge in [0, 0.05) is 0 Å². The summed E-state index contributed by atoms with van der Waals surface area (Å²) in [5.74, 6) is 1.57. The Labute approximate surface area is 63.8 Å². The molecular formula is C9H18O. The maximum atomic E-state index is 5.65. The summed E-state index contributed by atoms with van der Waals surface area (Å²) in [5.41, 5.74) is 0.131. The molecule has 10 heavy (non-hydrogen) atoms. The standard InChI is InChI=1S/C9H18O/c1-7-5-9(3,4)10-6-8(7)2/h7-8H,5-6H2,1-4H3/t7-,8-/m0/s1. The predicted molar refractivity (Wildman–Crippen MR) is 43.0 cm³/mol. The normalized spacial score (nSPS) is 39.6. The summed E-state index contributed by atoms with van der Waals surface area (Å²) in [6.45, 7) is 9.87. The zero-order valence-corrected chi connectivity index (χ0v) is 7.48. The van der Waals surface area contributed by atoms with Crippen LogP contribution < -0.4 is 0 Å². The van der Waals surface area contributed by atoms with Gasteiger partial charge >= 0.3 is 0 Å². The van der Waals surface area contributed by atoms with Crippen LogP contribution >= 0.6 is 0 Å². The van der Waals surface area contributed by atoms with Crippen LogP contribution in [-0.4, -0.2) is 12.2 Å². The van der Waals surface area contributed by atoms with E-state index >= 15 is 0 Å². The highest BCUT2D eigenvalue weighted by atomic mass is 16.5. The van der Waals surface area contributed by atoms with E-state index in [0.29, 0.717) is 0 Å². The lowest BCUT2D eigenvalue weighted by molar-refractivity contribution is -0.0944.